The molecule has 0 aliphatic heterocycles. The minimum absolute atomic E-state index is 0.0629. The fraction of sp³-hybridized carbons (Fsp3) is 0.375. The zero-order valence-corrected chi connectivity index (χ0v) is 14.2. The number of hydrogen-bond donors (Lipinski definition) is 1. The Morgan fingerprint density at radius 2 is 1.91 bits per heavy atom. The van der Waals surface area contributed by atoms with Crippen LogP contribution in [0.3, 0.4) is 0 Å². The van der Waals surface area contributed by atoms with Crippen LogP contribution >= 0.6 is 23.2 Å². The summed E-state index contributed by atoms with van der Waals surface area (Å²) in [7, 11) is 0. The lowest BCUT2D eigenvalue weighted by Crippen LogP contribution is -2.22. The number of nitrogens with one attached hydrogen (secondary N) is 1. The van der Waals surface area contributed by atoms with Gasteiger partial charge in [0.15, 0.2) is 0 Å². The molecule has 0 fully saturated rings. The first-order chi connectivity index (χ1) is 10.5. The molecule has 1 amide bonds. The van der Waals surface area contributed by atoms with Crippen LogP contribution in [-0.2, 0) is 4.79 Å². The second-order valence-corrected chi connectivity index (χ2v) is 5.59. The number of carbonyl (C=O) groups is 1. The lowest BCUT2D eigenvalue weighted by Gasteiger charge is -2.19. The number of nitriles is 1. The van der Waals surface area contributed by atoms with E-state index in [0.29, 0.717) is 15.7 Å². The molecule has 4 nitrogen and oxygen atoms in total. The van der Waals surface area contributed by atoms with Crippen molar-refractivity contribution in [3.05, 3.63) is 40.0 Å². The van der Waals surface area contributed by atoms with Crippen molar-refractivity contribution in [3.8, 4) is 6.07 Å². The van der Waals surface area contributed by atoms with Crippen molar-refractivity contribution in [1.82, 2.24) is 4.90 Å². The summed E-state index contributed by atoms with van der Waals surface area (Å²) in [4.78, 5) is 14.2. The van der Waals surface area contributed by atoms with Crippen LogP contribution in [0.25, 0.3) is 0 Å². The maximum atomic E-state index is 12.2. The fourth-order valence-electron chi connectivity index (χ4n) is 1.91. The second-order valence-electron chi connectivity index (χ2n) is 4.77. The molecule has 6 heteroatoms. The highest BCUT2D eigenvalue weighted by Gasteiger charge is 2.12. The quantitative estimate of drug-likeness (QED) is 0.589. The molecule has 0 radical (unpaired) electrons. The van der Waals surface area contributed by atoms with Crippen molar-refractivity contribution >= 4 is 34.8 Å². The van der Waals surface area contributed by atoms with Crippen molar-refractivity contribution < 1.29 is 4.79 Å². The number of amides is 1. The molecule has 0 spiro atoms. The largest absolute Gasteiger partial charge is 0.376 e. The van der Waals surface area contributed by atoms with Crippen LogP contribution in [0, 0.1) is 11.3 Å². The van der Waals surface area contributed by atoms with Crippen LogP contribution in [-0.4, -0.2) is 23.9 Å². The van der Waals surface area contributed by atoms with E-state index < -0.39 is 5.91 Å². The maximum Gasteiger partial charge on any atom is 0.267 e. The number of nitrogens with zero attached hydrogens (tertiary/aromatic N) is 2. The van der Waals surface area contributed by atoms with Gasteiger partial charge in [-0.3, -0.25) is 4.79 Å². The van der Waals surface area contributed by atoms with Crippen LogP contribution in [0.5, 0.6) is 0 Å². The number of hydrogen-bond acceptors (Lipinski definition) is 3. The molecule has 1 N–H and O–H groups in total. The van der Waals surface area contributed by atoms with Gasteiger partial charge in [-0.15, -0.1) is 0 Å². The molecule has 0 atom stereocenters. The Morgan fingerprint density at radius 3 is 2.41 bits per heavy atom. The third kappa shape index (κ3) is 5.59. The van der Waals surface area contributed by atoms with Gasteiger partial charge in [0.1, 0.15) is 11.6 Å². The summed E-state index contributed by atoms with van der Waals surface area (Å²) in [5.74, 6) is -0.460. The highest BCUT2D eigenvalue weighted by molar-refractivity contribution is 6.42. The fourth-order valence-corrected chi connectivity index (χ4v) is 2.21. The van der Waals surface area contributed by atoms with Crippen LogP contribution in [0.2, 0.25) is 10.0 Å². The van der Waals surface area contributed by atoms with E-state index in [1.807, 2.05) is 11.0 Å². The van der Waals surface area contributed by atoms with Gasteiger partial charge in [0.2, 0.25) is 0 Å². The van der Waals surface area contributed by atoms with Crippen molar-refractivity contribution in [2.75, 3.05) is 18.4 Å². The van der Waals surface area contributed by atoms with Crippen LogP contribution < -0.4 is 5.32 Å². The zero-order valence-electron chi connectivity index (χ0n) is 12.7. The van der Waals surface area contributed by atoms with Gasteiger partial charge in [-0.1, -0.05) is 37.0 Å². The van der Waals surface area contributed by atoms with E-state index in [4.69, 9.17) is 23.2 Å². The highest BCUT2D eigenvalue weighted by atomic mass is 35.5. The molecule has 118 valence electrons. The summed E-state index contributed by atoms with van der Waals surface area (Å²) in [6, 6.07) is 6.72. The van der Waals surface area contributed by atoms with E-state index in [0.717, 1.165) is 25.9 Å². The van der Waals surface area contributed by atoms with E-state index in [1.165, 1.54) is 0 Å². The zero-order chi connectivity index (χ0) is 16.5. The van der Waals surface area contributed by atoms with E-state index in [2.05, 4.69) is 19.2 Å². The summed E-state index contributed by atoms with van der Waals surface area (Å²) in [5, 5.41) is 12.6. The Morgan fingerprint density at radius 1 is 1.27 bits per heavy atom. The van der Waals surface area contributed by atoms with Gasteiger partial charge in [0, 0.05) is 25.0 Å². The average molecular weight is 340 g/mol. The lowest BCUT2D eigenvalue weighted by atomic mass is 10.2. The van der Waals surface area contributed by atoms with Gasteiger partial charge in [0.25, 0.3) is 5.91 Å². The van der Waals surface area contributed by atoms with Crippen molar-refractivity contribution in [2.45, 2.75) is 26.7 Å². The molecule has 0 saturated carbocycles. The minimum atomic E-state index is -0.460. The monoisotopic (exact) mass is 339 g/mol. The SMILES string of the molecule is CCCN(/C=C(/C#N)C(=O)Nc1ccc(Cl)c(Cl)c1)CCC. The molecule has 1 aromatic carbocycles. The molecule has 0 aliphatic carbocycles. The van der Waals surface area contributed by atoms with E-state index in [-0.39, 0.29) is 5.57 Å². The molecule has 0 aromatic heterocycles. The number of halogens is 2. The predicted octanol–water partition coefficient (Wildman–Crippen LogP) is 4.46. The van der Waals surface area contributed by atoms with Gasteiger partial charge in [-0.25, -0.2) is 0 Å². The third-order valence-corrected chi connectivity index (χ3v) is 3.61. The average Bonchev–Trinajstić information content (AvgIpc) is 2.48. The Kier molecular flexibility index (Phi) is 7.79. The first-order valence-electron chi connectivity index (χ1n) is 7.14. The summed E-state index contributed by atoms with van der Waals surface area (Å²) >= 11 is 11.7. The van der Waals surface area contributed by atoms with Gasteiger partial charge in [-0.2, -0.15) is 5.26 Å². The summed E-state index contributed by atoms with van der Waals surface area (Å²) in [6.45, 7) is 5.72. The molecule has 0 aliphatic rings. The summed E-state index contributed by atoms with van der Waals surface area (Å²) in [6.07, 6.45) is 3.51. The number of carbonyl (C=O) groups excluding carboxylic acids is 1. The van der Waals surface area contributed by atoms with E-state index >= 15 is 0 Å². The van der Waals surface area contributed by atoms with Crippen molar-refractivity contribution in [1.29, 1.82) is 5.26 Å². The second kappa shape index (κ2) is 9.34. The number of benzene rings is 1. The van der Waals surface area contributed by atoms with Gasteiger partial charge in [-0.05, 0) is 31.0 Å². The standard InChI is InChI=1S/C16H19Cl2N3O/c1-3-7-21(8-4-2)11-12(10-19)16(22)20-13-5-6-14(17)15(18)9-13/h5-6,9,11H,3-4,7-8H2,1-2H3,(H,20,22)/b12-11-. The molecule has 0 saturated heterocycles. The molecular weight excluding hydrogens is 321 g/mol. The molecule has 22 heavy (non-hydrogen) atoms. The molecule has 0 unspecified atom stereocenters. The molecule has 1 rings (SSSR count). The van der Waals surface area contributed by atoms with Crippen LogP contribution in [0.4, 0.5) is 5.69 Å². The van der Waals surface area contributed by atoms with Crippen molar-refractivity contribution in [2.24, 2.45) is 0 Å². The number of anilines is 1. The van der Waals surface area contributed by atoms with Gasteiger partial charge < -0.3 is 10.2 Å². The van der Waals surface area contributed by atoms with E-state index in [9.17, 15) is 10.1 Å². The first-order valence-corrected chi connectivity index (χ1v) is 7.89. The van der Waals surface area contributed by atoms with E-state index in [1.54, 1.807) is 24.4 Å². The smallest absolute Gasteiger partial charge is 0.267 e. The Bertz CT molecular complexity index is 588. The van der Waals surface area contributed by atoms with Gasteiger partial charge in [0.05, 0.1) is 10.0 Å². The lowest BCUT2D eigenvalue weighted by molar-refractivity contribution is -0.112. The first kappa shape index (κ1) is 18.3. The van der Waals surface area contributed by atoms with Gasteiger partial charge >= 0.3 is 0 Å². The highest BCUT2D eigenvalue weighted by Crippen LogP contribution is 2.25. The third-order valence-electron chi connectivity index (χ3n) is 2.88. The summed E-state index contributed by atoms with van der Waals surface area (Å²) in [5.41, 5.74) is 0.561. The summed E-state index contributed by atoms with van der Waals surface area (Å²) < 4.78 is 0. The maximum absolute atomic E-state index is 12.2. The Hall–Kier alpha value is -1.70. The topological polar surface area (TPSA) is 56.1 Å². The van der Waals surface area contributed by atoms with Crippen LogP contribution in [0.15, 0.2) is 30.0 Å². The minimum Gasteiger partial charge on any atom is -0.376 e. The van der Waals surface area contributed by atoms with Crippen LogP contribution in [0.1, 0.15) is 26.7 Å². The Labute approximate surface area is 141 Å². The molecule has 0 heterocycles. The molecule has 1 aromatic rings. The normalized spacial score (nSPS) is 11.0. The number of rotatable bonds is 7. The Balaban J connectivity index is 2.87. The van der Waals surface area contributed by atoms with Crippen molar-refractivity contribution in [3.63, 3.8) is 0 Å². The molecular formula is C16H19Cl2N3O. The predicted molar refractivity (Wildman–Crippen MR) is 90.9 cm³/mol. The molecule has 0 bridgehead atoms.